The molecule has 7 heteroatoms. The lowest BCUT2D eigenvalue weighted by atomic mass is 10.2. The van der Waals surface area contributed by atoms with E-state index in [1.165, 1.54) is 18.9 Å². The van der Waals surface area contributed by atoms with Gasteiger partial charge in [0.1, 0.15) is 28.3 Å². The summed E-state index contributed by atoms with van der Waals surface area (Å²) in [6.07, 6.45) is 0.973. The van der Waals surface area contributed by atoms with Gasteiger partial charge in [0.05, 0.1) is 7.11 Å². The lowest BCUT2D eigenvalue weighted by molar-refractivity contribution is -0.141. The number of aliphatic imine (C=N–C) groups is 1. The second kappa shape index (κ2) is 10.5. The number of ether oxygens (including phenoxy) is 3. The van der Waals surface area contributed by atoms with Crippen molar-refractivity contribution in [1.29, 1.82) is 0 Å². The average molecular weight is 401 g/mol. The molecule has 0 radical (unpaired) electrons. The van der Waals surface area contributed by atoms with E-state index in [4.69, 9.17) is 9.47 Å². The van der Waals surface area contributed by atoms with E-state index in [0.717, 1.165) is 5.75 Å². The molecule has 2 rings (SSSR count). The lowest BCUT2D eigenvalue weighted by Crippen LogP contribution is -2.31. The molecule has 2 aromatic rings. The van der Waals surface area contributed by atoms with E-state index >= 15 is 0 Å². The van der Waals surface area contributed by atoms with E-state index in [-0.39, 0.29) is 10.8 Å². The summed E-state index contributed by atoms with van der Waals surface area (Å²) in [5.41, 5.74) is 0. The highest BCUT2D eigenvalue weighted by molar-refractivity contribution is 8.15. The molecule has 28 heavy (non-hydrogen) atoms. The molecule has 2 unspecified atom stereocenters. The zero-order valence-electron chi connectivity index (χ0n) is 16.2. The van der Waals surface area contributed by atoms with Crippen molar-refractivity contribution in [2.24, 2.45) is 4.99 Å². The number of nitrogens with zero attached hydrogens (tertiary/aromatic N) is 1. The van der Waals surface area contributed by atoms with Gasteiger partial charge < -0.3 is 14.2 Å². The average Bonchev–Trinajstić information content (AvgIpc) is 2.72. The maximum absolute atomic E-state index is 12.6. The van der Waals surface area contributed by atoms with Gasteiger partial charge in [0.2, 0.25) is 5.78 Å². The summed E-state index contributed by atoms with van der Waals surface area (Å²) in [6.45, 7) is 3.22. The highest BCUT2D eigenvalue weighted by Gasteiger charge is 2.23. The number of hydrogen-bond acceptors (Lipinski definition) is 7. The van der Waals surface area contributed by atoms with Crippen molar-refractivity contribution in [2.45, 2.75) is 26.0 Å². The van der Waals surface area contributed by atoms with E-state index in [2.05, 4.69) is 9.73 Å². The molecule has 0 aliphatic rings. The number of benzene rings is 2. The highest BCUT2D eigenvalue weighted by atomic mass is 32.2. The zero-order chi connectivity index (χ0) is 20.5. The van der Waals surface area contributed by atoms with Crippen molar-refractivity contribution < 1.29 is 23.8 Å². The van der Waals surface area contributed by atoms with Crippen LogP contribution < -0.4 is 9.47 Å². The van der Waals surface area contributed by atoms with Gasteiger partial charge in [-0.25, -0.2) is 4.79 Å². The number of thioether (sulfide) groups is 1. The van der Waals surface area contributed by atoms with Crippen LogP contribution in [0.2, 0.25) is 0 Å². The Morgan fingerprint density at radius 2 is 1.50 bits per heavy atom. The Hall–Kier alpha value is -2.80. The summed E-state index contributed by atoms with van der Waals surface area (Å²) in [5.74, 6) is 1.13. The fraction of sp³-hybridized carbons (Fsp3) is 0.286. The van der Waals surface area contributed by atoms with E-state index in [1.807, 2.05) is 30.3 Å². The van der Waals surface area contributed by atoms with Gasteiger partial charge in [-0.05, 0) is 56.5 Å². The topological polar surface area (TPSA) is 74.2 Å². The molecule has 2 aromatic carbocycles. The zero-order valence-corrected chi connectivity index (χ0v) is 17.1. The first-order valence-corrected chi connectivity index (χ1v) is 9.90. The number of rotatable bonds is 8. The number of methoxy groups -OCH3 is 1. The van der Waals surface area contributed by atoms with E-state index < -0.39 is 18.1 Å². The number of carbonyl (C=O) groups is 2. The molecular weight excluding hydrogens is 378 g/mol. The minimum atomic E-state index is -0.753. The first-order chi connectivity index (χ1) is 13.4. The summed E-state index contributed by atoms with van der Waals surface area (Å²) in [7, 11) is 1.28. The van der Waals surface area contributed by atoms with Crippen LogP contribution in [0, 0.1) is 0 Å². The van der Waals surface area contributed by atoms with Gasteiger partial charge in [-0.15, -0.1) is 11.8 Å². The van der Waals surface area contributed by atoms with Gasteiger partial charge in [0.25, 0.3) is 0 Å². The van der Waals surface area contributed by atoms with Gasteiger partial charge in [0, 0.05) is 0 Å². The molecule has 0 aromatic heterocycles. The summed E-state index contributed by atoms with van der Waals surface area (Å²) >= 11 is 1.17. The molecule has 0 aliphatic carbocycles. The number of ketones is 1. The monoisotopic (exact) mass is 401 g/mol. The second-order valence-electron chi connectivity index (χ2n) is 5.85. The molecular formula is C21H23NO5S. The smallest absolute Gasteiger partial charge is 0.330 e. The number of hydrogen-bond donors (Lipinski definition) is 0. The molecule has 0 saturated carbocycles. The van der Waals surface area contributed by atoms with Gasteiger partial charge in [-0.2, -0.15) is 0 Å². The van der Waals surface area contributed by atoms with Crippen LogP contribution in [0.1, 0.15) is 13.8 Å². The van der Waals surface area contributed by atoms with E-state index in [9.17, 15) is 9.59 Å². The van der Waals surface area contributed by atoms with Crippen molar-refractivity contribution in [3.05, 3.63) is 54.6 Å². The van der Waals surface area contributed by atoms with Crippen molar-refractivity contribution in [2.75, 3.05) is 13.4 Å². The molecule has 0 heterocycles. The Morgan fingerprint density at radius 1 is 0.929 bits per heavy atom. The fourth-order valence-electron chi connectivity index (χ4n) is 2.26. The van der Waals surface area contributed by atoms with Crippen molar-refractivity contribution in [1.82, 2.24) is 0 Å². The third-order valence-electron chi connectivity index (χ3n) is 3.74. The Bertz CT molecular complexity index is 820. The largest absolute Gasteiger partial charge is 0.482 e. The van der Waals surface area contributed by atoms with Crippen LogP contribution in [0.5, 0.6) is 17.2 Å². The van der Waals surface area contributed by atoms with Crippen LogP contribution in [0.15, 0.2) is 59.6 Å². The highest BCUT2D eigenvalue weighted by Crippen LogP contribution is 2.24. The molecule has 0 fully saturated rings. The van der Waals surface area contributed by atoms with Crippen LogP contribution in [0.3, 0.4) is 0 Å². The molecule has 0 spiro atoms. The van der Waals surface area contributed by atoms with E-state index in [0.29, 0.717) is 11.5 Å². The maximum Gasteiger partial charge on any atom is 0.330 e. The minimum Gasteiger partial charge on any atom is -0.482 e. The van der Waals surface area contributed by atoms with Gasteiger partial charge in [-0.3, -0.25) is 9.79 Å². The predicted molar refractivity (Wildman–Crippen MR) is 110 cm³/mol. The number of Topliss-reactive ketones (excluding diaryl/α,β-unsaturated/α-hetero) is 1. The van der Waals surface area contributed by atoms with Crippen LogP contribution >= 0.6 is 11.8 Å². The normalized spacial score (nSPS) is 13.4. The molecule has 0 bridgehead atoms. The third kappa shape index (κ3) is 6.13. The fourth-order valence-corrected chi connectivity index (χ4v) is 2.89. The van der Waals surface area contributed by atoms with Gasteiger partial charge >= 0.3 is 5.97 Å². The minimum absolute atomic E-state index is 0.217. The Labute approximate surface area is 168 Å². The van der Waals surface area contributed by atoms with Crippen molar-refractivity contribution in [3.8, 4) is 17.2 Å². The SMILES string of the molecule is COC(=O)C(C)N=C(SC)C(=O)C(C)Oc1ccc(Oc2ccccc2)cc1. The van der Waals surface area contributed by atoms with Crippen LogP contribution in [0.4, 0.5) is 0 Å². The third-order valence-corrected chi connectivity index (χ3v) is 4.44. The van der Waals surface area contributed by atoms with Crippen LogP contribution in [-0.4, -0.2) is 42.3 Å². The molecule has 0 saturated heterocycles. The van der Waals surface area contributed by atoms with Gasteiger partial charge in [-0.1, -0.05) is 18.2 Å². The quantitative estimate of drug-likeness (QED) is 0.376. The Balaban J connectivity index is 2.00. The maximum atomic E-state index is 12.6. The molecule has 148 valence electrons. The van der Waals surface area contributed by atoms with Gasteiger partial charge in [0.15, 0.2) is 6.10 Å². The first kappa shape index (κ1) is 21.5. The molecule has 0 aliphatic heterocycles. The summed E-state index contributed by atoms with van der Waals surface area (Å²) in [5, 5.41) is 0.217. The summed E-state index contributed by atoms with van der Waals surface area (Å²) < 4.78 is 16.1. The molecule has 0 N–H and O–H groups in total. The van der Waals surface area contributed by atoms with Crippen LogP contribution in [0.25, 0.3) is 0 Å². The van der Waals surface area contributed by atoms with Crippen molar-refractivity contribution in [3.63, 3.8) is 0 Å². The van der Waals surface area contributed by atoms with Crippen molar-refractivity contribution >= 4 is 28.6 Å². The number of esters is 1. The Morgan fingerprint density at radius 3 is 2.07 bits per heavy atom. The summed E-state index contributed by atoms with van der Waals surface area (Å²) in [4.78, 5) is 28.2. The molecule has 2 atom stereocenters. The Kier molecular flexibility index (Phi) is 8.07. The van der Waals surface area contributed by atoms with Crippen LogP contribution in [-0.2, 0) is 14.3 Å². The number of para-hydroxylation sites is 1. The summed E-state index contributed by atoms with van der Waals surface area (Å²) in [6, 6.07) is 15.7. The number of carbonyl (C=O) groups excluding carboxylic acids is 2. The standard InChI is InChI=1S/C21H23NO5S/c1-14(21(24)25-3)22-20(28-4)19(23)15(2)26-17-10-12-18(13-11-17)27-16-8-6-5-7-9-16/h5-15H,1-4H3. The first-order valence-electron chi connectivity index (χ1n) is 8.68. The predicted octanol–water partition coefficient (Wildman–Crippen LogP) is 4.14. The molecule has 0 amide bonds. The lowest BCUT2D eigenvalue weighted by Gasteiger charge is -2.15. The second-order valence-corrected chi connectivity index (χ2v) is 6.64. The van der Waals surface area contributed by atoms with E-state index in [1.54, 1.807) is 44.4 Å². The molecule has 6 nitrogen and oxygen atoms in total.